The van der Waals surface area contributed by atoms with Crippen molar-refractivity contribution in [3.05, 3.63) is 31.5 Å². The smallest absolute Gasteiger partial charge is 0.481 e. The van der Waals surface area contributed by atoms with E-state index in [4.69, 9.17) is 31.7 Å². The summed E-state index contributed by atoms with van der Waals surface area (Å²) in [6, 6.07) is 0.710. The standard InChI is InChI=1S/C24H47N3O11Si2/c1-7-33-39(34-8-2,35-9-3)19-13-16-25-22(30)26(24(32)27(23(25)31)18-15-21(28)29)17-14-20-40(36-10-4,37-11-5)38-12-6/h7-20H2,1-6H3,(H,28,29). The number of aromatic nitrogens is 3. The van der Waals surface area contributed by atoms with E-state index in [-0.39, 0.29) is 19.6 Å². The second-order valence-corrected chi connectivity index (χ2v) is 14.1. The molecule has 16 heteroatoms. The van der Waals surface area contributed by atoms with Crippen LogP contribution in [-0.2, 0) is 51.0 Å². The van der Waals surface area contributed by atoms with Gasteiger partial charge in [-0.2, -0.15) is 0 Å². The minimum atomic E-state index is -3.03. The van der Waals surface area contributed by atoms with Crippen LogP contribution in [0.15, 0.2) is 14.4 Å². The lowest BCUT2D eigenvalue weighted by Crippen LogP contribution is -2.55. The van der Waals surface area contributed by atoms with E-state index in [1.54, 1.807) is 0 Å². The Hall–Kier alpha value is -1.93. The zero-order valence-electron chi connectivity index (χ0n) is 24.8. The van der Waals surface area contributed by atoms with Gasteiger partial charge in [0.05, 0.1) is 6.42 Å². The van der Waals surface area contributed by atoms with Gasteiger partial charge in [-0.3, -0.25) is 4.79 Å². The first-order chi connectivity index (χ1) is 19.1. The third kappa shape index (κ3) is 10.5. The summed E-state index contributed by atoms with van der Waals surface area (Å²) in [5, 5.41) is 9.15. The van der Waals surface area contributed by atoms with Gasteiger partial charge in [-0.15, -0.1) is 0 Å². The summed E-state index contributed by atoms with van der Waals surface area (Å²) in [6.07, 6.45) is 0.179. The minimum Gasteiger partial charge on any atom is -0.481 e. The molecule has 0 aliphatic heterocycles. The molecule has 0 atom stereocenters. The molecule has 0 amide bonds. The van der Waals surface area contributed by atoms with Crippen molar-refractivity contribution in [1.82, 2.24) is 13.7 Å². The molecule has 0 fully saturated rings. The molecule has 0 aliphatic rings. The van der Waals surface area contributed by atoms with Crippen molar-refractivity contribution in [3.63, 3.8) is 0 Å². The van der Waals surface area contributed by atoms with Gasteiger partial charge >= 0.3 is 40.6 Å². The Kier molecular flexibility index (Phi) is 16.7. The largest absolute Gasteiger partial charge is 0.500 e. The number of aliphatic carboxylic acids is 1. The fraction of sp³-hybridized carbons (Fsp3) is 0.833. The Bertz CT molecular complexity index is 969. The third-order valence-corrected chi connectivity index (χ3v) is 12.2. The Balaban J connectivity index is 3.36. The van der Waals surface area contributed by atoms with Crippen LogP contribution in [0, 0.1) is 0 Å². The Morgan fingerprint density at radius 3 is 1.10 bits per heavy atom. The molecule has 40 heavy (non-hydrogen) atoms. The summed E-state index contributed by atoms with van der Waals surface area (Å²) < 4.78 is 37.9. The fourth-order valence-electron chi connectivity index (χ4n) is 4.37. The van der Waals surface area contributed by atoms with Crippen LogP contribution in [0.4, 0.5) is 0 Å². The summed E-state index contributed by atoms with van der Waals surface area (Å²) >= 11 is 0. The highest BCUT2D eigenvalue weighted by atomic mass is 28.4. The van der Waals surface area contributed by atoms with Crippen LogP contribution in [0.25, 0.3) is 0 Å². The van der Waals surface area contributed by atoms with Gasteiger partial charge in [-0.25, -0.2) is 28.1 Å². The van der Waals surface area contributed by atoms with Crippen LogP contribution in [0.1, 0.15) is 60.8 Å². The number of hydrogen-bond donors (Lipinski definition) is 1. The van der Waals surface area contributed by atoms with E-state index >= 15 is 0 Å². The van der Waals surface area contributed by atoms with Crippen molar-refractivity contribution >= 4 is 23.6 Å². The van der Waals surface area contributed by atoms with E-state index in [9.17, 15) is 19.2 Å². The van der Waals surface area contributed by atoms with Gasteiger partial charge in [0.25, 0.3) is 0 Å². The maximum absolute atomic E-state index is 13.4. The zero-order valence-corrected chi connectivity index (χ0v) is 26.8. The molecule has 232 valence electrons. The van der Waals surface area contributed by atoms with Crippen LogP contribution < -0.4 is 17.1 Å². The monoisotopic (exact) mass is 609 g/mol. The number of rotatable bonds is 23. The van der Waals surface area contributed by atoms with Gasteiger partial charge in [0.1, 0.15) is 0 Å². The number of carboxylic acids is 1. The third-order valence-electron chi connectivity index (χ3n) is 5.85. The molecule has 0 radical (unpaired) electrons. The van der Waals surface area contributed by atoms with E-state index in [1.165, 1.54) is 0 Å². The predicted octanol–water partition coefficient (Wildman–Crippen LogP) is 1.52. The van der Waals surface area contributed by atoms with Gasteiger partial charge in [0.15, 0.2) is 0 Å². The van der Waals surface area contributed by atoms with Crippen molar-refractivity contribution in [2.75, 3.05) is 39.6 Å². The number of carboxylic acid groups (broad SMARTS) is 1. The van der Waals surface area contributed by atoms with Crippen LogP contribution in [0.5, 0.6) is 0 Å². The van der Waals surface area contributed by atoms with Crippen LogP contribution in [-0.4, -0.2) is 82.0 Å². The van der Waals surface area contributed by atoms with E-state index in [0.717, 1.165) is 13.7 Å². The summed E-state index contributed by atoms with van der Waals surface area (Å²) in [6.45, 7) is 12.9. The van der Waals surface area contributed by atoms with Crippen molar-refractivity contribution in [2.24, 2.45) is 0 Å². The number of hydrogen-bond acceptors (Lipinski definition) is 10. The van der Waals surface area contributed by atoms with Gasteiger partial charge in [0, 0.05) is 71.4 Å². The fourth-order valence-corrected chi connectivity index (χ4v) is 9.56. The lowest BCUT2D eigenvalue weighted by atomic mass is 10.4. The molecule has 0 aromatic carbocycles. The van der Waals surface area contributed by atoms with E-state index in [1.807, 2.05) is 41.5 Å². The first-order valence-electron chi connectivity index (χ1n) is 14.1. The lowest BCUT2D eigenvalue weighted by Gasteiger charge is -2.28. The molecule has 1 N–H and O–H groups in total. The van der Waals surface area contributed by atoms with Gasteiger partial charge in [-0.1, -0.05) is 0 Å². The molecular formula is C24H47N3O11Si2. The van der Waals surface area contributed by atoms with Crippen molar-refractivity contribution < 1.29 is 36.5 Å². The Morgan fingerprint density at radius 1 is 0.575 bits per heavy atom. The van der Waals surface area contributed by atoms with Crippen LogP contribution in [0.3, 0.4) is 0 Å². The topological polar surface area (TPSA) is 159 Å². The average Bonchev–Trinajstić information content (AvgIpc) is 2.89. The van der Waals surface area contributed by atoms with Crippen LogP contribution >= 0.6 is 0 Å². The summed E-state index contributed by atoms with van der Waals surface area (Å²) in [5.74, 6) is -1.17. The van der Waals surface area contributed by atoms with Crippen LogP contribution in [0.2, 0.25) is 12.1 Å². The molecule has 0 aliphatic carbocycles. The highest BCUT2D eigenvalue weighted by Gasteiger charge is 2.41. The number of nitrogens with zero attached hydrogens (tertiary/aromatic N) is 3. The molecule has 1 aromatic heterocycles. The first-order valence-corrected chi connectivity index (χ1v) is 18.0. The van der Waals surface area contributed by atoms with Crippen molar-refractivity contribution in [1.29, 1.82) is 0 Å². The highest BCUT2D eigenvalue weighted by molar-refractivity contribution is 6.61. The molecular weight excluding hydrogens is 562 g/mol. The maximum Gasteiger partial charge on any atom is 0.500 e. The van der Waals surface area contributed by atoms with E-state index in [2.05, 4.69) is 0 Å². The van der Waals surface area contributed by atoms with E-state index < -0.39 is 47.1 Å². The second-order valence-electron chi connectivity index (χ2n) is 8.62. The highest BCUT2D eigenvalue weighted by Crippen LogP contribution is 2.19. The molecule has 0 saturated heterocycles. The quantitative estimate of drug-likeness (QED) is 0.179. The molecule has 1 rings (SSSR count). The normalized spacial score (nSPS) is 12.2. The van der Waals surface area contributed by atoms with Gasteiger partial charge in [0.2, 0.25) is 0 Å². The van der Waals surface area contributed by atoms with E-state index in [0.29, 0.717) is 64.6 Å². The molecule has 0 bridgehead atoms. The second kappa shape index (κ2) is 18.5. The molecule has 0 spiro atoms. The van der Waals surface area contributed by atoms with Gasteiger partial charge in [-0.05, 0) is 54.4 Å². The van der Waals surface area contributed by atoms with Gasteiger partial charge < -0.3 is 31.7 Å². The molecule has 14 nitrogen and oxygen atoms in total. The Morgan fingerprint density at radius 2 is 0.850 bits per heavy atom. The summed E-state index contributed by atoms with van der Waals surface area (Å²) in [4.78, 5) is 51.0. The first kappa shape index (κ1) is 36.1. The molecule has 0 saturated carbocycles. The van der Waals surface area contributed by atoms with Crippen molar-refractivity contribution in [3.8, 4) is 0 Å². The lowest BCUT2D eigenvalue weighted by molar-refractivity contribution is -0.137. The summed E-state index contributed by atoms with van der Waals surface area (Å²) in [5.41, 5.74) is -2.48. The Labute approximate surface area is 237 Å². The number of carbonyl (C=O) groups is 1. The summed E-state index contributed by atoms with van der Waals surface area (Å²) in [7, 11) is -6.05. The van der Waals surface area contributed by atoms with Crippen molar-refractivity contribution in [2.45, 2.75) is 92.5 Å². The minimum absolute atomic E-state index is 0.0253. The molecule has 1 heterocycles. The molecule has 0 unspecified atom stereocenters. The molecule has 1 aromatic rings. The SMILES string of the molecule is CCO[Si](CCCn1c(=O)n(CCC[Si](OCC)(OCC)OCC)c(=O)n(CCC(=O)O)c1=O)(OCC)OCC. The average molecular weight is 610 g/mol. The maximum atomic E-state index is 13.4. The zero-order chi connectivity index (χ0) is 30.2. The predicted molar refractivity (Wildman–Crippen MR) is 152 cm³/mol.